The predicted molar refractivity (Wildman–Crippen MR) is 87.2 cm³/mol. The number of methoxy groups -OCH3 is 1. The number of nitrogens with zero attached hydrogens (tertiary/aromatic N) is 2. The van der Waals surface area contributed by atoms with Gasteiger partial charge in [-0.1, -0.05) is 12.1 Å². The maximum atomic E-state index is 12.2. The summed E-state index contributed by atoms with van der Waals surface area (Å²) >= 11 is 0. The van der Waals surface area contributed by atoms with Crippen LogP contribution in [0.4, 0.5) is 5.82 Å². The predicted octanol–water partition coefficient (Wildman–Crippen LogP) is 2.61. The van der Waals surface area contributed by atoms with Crippen molar-refractivity contribution in [2.45, 2.75) is 26.2 Å². The van der Waals surface area contributed by atoms with Gasteiger partial charge < -0.3 is 14.8 Å². The molecule has 1 aromatic carbocycles. The third-order valence-corrected chi connectivity index (χ3v) is 4.16. The number of aromatic nitrogens is 2. The summed E-state index contributed by atoms with van der Waals surface area (Å²) in [5.41, 5.74) is 2.91. The lowest BCUT2D eigenvalue weighted by Gasteiger charge is -2.26. The third kappa shape index (κ3) is 2.54. The fourth-order valence-corrected chi connectivity index (χ4v) is 3.24. The molecule has 23 heavy (non-hydrogen) atoms. The summed E-state index contributed by atoms with van der Waals surface area (Å²) in [5.74, 6) is 2.03. The zero-order valence-electron chi connectivity index (χ0n) is 13.8. The average Bonchev–Trinajstić information content (AvgIpc) is 2.81. The van der Waals surface area contributed by atoms with Crippen LogP contribution in [0.15, 0.2) is 18.2 Å². The number of rotatable bonds is 4. The first-order chi connectivity index (χ1) is 11.1. The Kier molecular flexibility index (Phi) is 3.98. The zero-order chi connectivity index (χ0) is 16.6. The third-order valence-electron chi connectivity index (χ3n) is 4.16. The van der Waals surface area contributed by atoms with E-state index in [0.29, 0.717) is 24.5 Å². The molecule has 2 aromatic rings. The fourth-order valence-electron chi connectivity index (χ4n) is 3.24. The highest BCUT2D eigenvalue weighted by Crippen LogP contribution is 2.45. The van der Waals surface area contributed by atoms with Crippen LogP contribution in [0.2, 0.25) is 0 Å². The van der Waals surface area contributed by atoms with Gasteiger partial charge in [-0.25, -0.2) is 0 Å². The molecule has 1 atom stereocenters. The van der Waals surface area contributed by atoms with E-state index in [1.54, 1.807) is 11.8 Å². The van der Waals surface area contributed by atoms with Gasteiger partial charge in [0.05, 0.1) is 19.4 Å². The number of anilines is 1. The van der Waals surface area contributed by atoms with E-state index in [0.717, 1.165) is 22.6 Å². The molecular weight excluding hydrogens is 294 g/mol. The molecule has 0 bridgehead atoms. The number of ether oxygens (including phenoxy) is 2. The quantitative estimate of drug-likeness (QED) is 0.942. The Bertz CT molecular complexity index is 752. The highest BCUT2D eigenvalue weighted by molar-refractivity contribution is 5.94. The molecule has 2 heterocycles. The van der Waals surface area contributed by atoms with Crippen molar-refractivity contribution in [3.8, 4) is 11.5 Å². The van der Waals surface area contributed by atoms with Gasteiger partial charge in [-0.3, -0.25) is 9.48 Å². The van der Waals surface area contributed by atoms with Gasteiger partial charge in [-0.05, 0) is 19.9 Å². The number of para-hydroxylation sites is 1. The lowest BCUT2D eigenvalue weighted by molar-refractivity contribution is -0.116. The molecule has 6 heteroatoms. The Hall–Kier alpha value is -2.50. The van der Waals surface area contributed by atoms with Gasteiger partial charge in [0.2, 0.25) is 5.91 Å². The highest BCUT2D eigenvalue weighted by Gasteiger charge is 2.33. The molecule has 1 aromatic heterocycles. The van der Waals surface area contributed by atoms with Crippen LogP contribution in [-0.4, -0.2) is 29.4 Å². The Morgan fingerprint density at radius 3 is 2.91 bits per heavy atom. The molecule has 1 amide bonds. The van der Waals surface area contributed by atoms with Crippen LogP contribution in [0, 0.1) is 6.92 Å². The number of fused-ring (bicyclic) bond motifs is 1. The van der Waals surface area contributed by atoms with Gasteiger partial charge in [0.25, 0.3) is 0 Å². The SMILES string of the molecule is CCOc1c(OC)cccc1C1CC(=O)Nc2c1c(C)nn2C. The summed E-state index contributed by atoms with van der Waals surface area (Å²) < 4.78 is 13.0. The monoisotopic (exact) mass is 315 g/mol. The number of nitrogens with one attached hydrogen (secondary N) is 1. The van der Waals surface area contributed by atoms with E-state index in [1.165, 1.54) is 0 Å². The van der Waals surface area contributed by atoms with Gasteiger partial charge in [-0.15, -0.1) is 0 Å². The second-order valence-corrected chi connectivity index (χ2v) is 5.59. The van der Waals surface area contributed by atoms with Crippen LogP contribution in [0.25, 0.3) is 0 Å². The molecule has 0 saturated heterocycles. The standard InChI is InChI=1S/C17H21N3O3/c1-5-23-16-11(7-6-8-13(16)22-4)12-9-14(21)18-17-15(12)10(2)19-20(17)3/h6-8,12H,5,9H2,1-4H3,(H,18,21). The first kappa shape index (κ1) is 15.4. The zero-order valence-corrected chi connectivity index (χ0v) is 13.8. The minimum Gasteiger partial charge on any atom is -0.493 e. The first-order valence-electron chi connectivity index (χ1n) is 7.69. The molecule has 1 N–H and O–H groups in total. The van der Waals surface area contributed by atoms with Crippen LogP contribution >= 0.6 is 0 Å². The second kappa shape index (κ2) is 5.95. The number of hydrogen-bond donors (Lipinski definition) is 1. The van der Waals surface area contributed by atoms with Crippen molar-refractivity contribution in [2.75, 3.05) is 19.0 Å². The molecule has 6 nitrogen and oxygen atoms in total. The van der Waals surface area contributed by atoms with E-state index >= 15 is 0 Å². The molecule has 1 unspecified atom stereocenters. The van der Waals surface area contributed by atoms with Crippen molar-refractivity contribution in [3.05, 3.63) is 35.0 Å². The van der Waals surface area contributed by atoms with E-state index in [-0.39, 0.29) is 11.8 Å². The van der Waals surface area contributed by atoms with Crippen LogP contribution in [-0.2, 0) is 11.8 Å². The summed E-state index contributed by atoms with van der Waals surface area (Å²) in [6.45, 7) is 4.43. The van der Waals surface area contributed by atoms with Crippen LogP contribution in [0.3, 0.4) is 0 Å². The summed E-state index contributed by atoms with van der Waals surface area (Å²) in [6.07, 6.45) is 0.368. The summed E-state index contributed by atoms with van der Waals surface area (Å²) in [5, 5.41) is 7.37. The molecule has 0 radical (unpaired) electrons. The molecule has 0 saturated carbocycles. The van der Waals surface area contributed by atoms with Crippen LogP contribution in [0.1, 0.15) is 36.1 Å². The molecule has 1 aliphatic rings. The van der Waals surface area contributed by atoms with Gasteiger partial charge in [0.15, 0.2) is 11.5 Å². The molecular formula is C17H21N3O3. The van der Waals surface area contributed by atoms with Gasteiger partial charge in [0.1, 0.15) is 5.82 Å². The maximum Gasteiger partial charge on any atom is 0.226 e. The van der Waals surface area contributed by atoms with Crippen molar-refractivity contribution in [1.82, 2.24) is 9.78 Å². The molecule has 0 fully saturated rings. The topological polar surface area (TPSA) is 65.4 Å². The lowest BCUT2D eigenvalue weighted by Crippen LogP contribution is -2.25. The second-order valence-electron chi connectivity index (χ2n) is 5.59. The van der Waals surface area contributed by atoms with E-state index < -0.39 is 0 Å². The van der Waals surface area contributed by atoms with E-state index in [4.69, 9.17) is 9.47 Å². The Morgan fingerprint density at radius 1 is 1.43 bits per heavy atom. The number of carbonyl (C=O) groups excluding carboxylic acids is 1. The minimum atomic E-state index is -0.0934. The van der Waals surface area contributed by atoms with Crippen molar-refractivity contribution in [2.24, 2.45) is 7.05 Å². The number of carbonyl (C=O) groups is 1. The number of aryl methyl sites for hydroxylation is 2. The first-order valence-corrected chi connectivity index (χ1v) is 7.69. The molecule has 0 spiro atoms. The summed E-state index contributed by atoms with van der Waals surface area (Å²) in [7, 11) is 3.46. The van der Waals surface area contributed by atoms with Gasteiger partial charge in [-0.2, -0.15) is 5.10 Å². The minimum absolute atomic E-state index is 0.0178. The summed E-state index contributed by atoms with van der Waals surface area (Å²) in [4.78, 5) is 12.2. The smallest absolute Gasteiger partial charge is 0.226 e. The number of hydrogen-bond acceptors (Lipinski definition) is 4. The molecule has 0 aliphatic carbocycles. The van der Waals surface area contributed by atoms with Gasteiger partial charge >= 0.3 is 0 Å². The van der Waals surface area contributed by atoms with Crippen LogP contribution < -0.4 is 14.8 Å². The number of amides is 1. The van der Waals surface area contributed by atoms with Crippen molar-refractivity contribution in [3.63, 3.8) is 0 Å². The molecule has 3 rings (SSSR count). The van der Waals surface area contributed by atoms with Gasteiger partial charge in [0, 0.05) is 30.5 Å². The van der Waals surface area contributed by atoms with Crippen molar-refractivity contribution in [1.29, 1.82) is 0 Å². The fraction of sp³-hybridized carbons (Fsp3) is 0.412. The average molecular weight is 315 g/mol. The van der Waals surface area contributed by atoms with E-state index in [9.17, 15) is 4.79 Å². The van der Waals surface area contributed by atoms with Crippen molar-refractivity contribution < 1.29 is 14.3 Å². The number of benzene rings is 1. The molecule has 122 valence electrons. The summed E-state index contributed by atoms with van der Waals surface area (Å²) in [6, 6.07) is 5.79. The normalized spacial score (nSPS) is 16.7. The Balaban J connectivity index is 2.18. The van der Waals surface area contributed by atoms with Crippen LogP contribution in [0.5, 0.6) is 11.5 Å². The largest absolute Gasteiger partial charge is 0.493 e. The van der Waals surface area contributed by atoms with E-state index in [1.807, 2.05) is 39.1 Å². The Labute approximate surface area is 135 Å². The van der Waals surface area contributed by atoms with E-state index in [2.05, 4.69) is 10.4 Å². The molecule has 1 aliphatic heterocycles. The maximum absolute atomic E-state index is 12.2. The van der Waals surface area contributed by atoms with Crippen molar-refractivity contribution >= 4 is 11.7 Å². The Morgan fingerprint density at radius 2 is 2.22 bits per heavy atom. The lowest BCUT2D eigenvalue weighted by atomic mass is 9.85. The highest BCUT2D eigenvalue weighted by atomic mass is 16.5.